The molecule has 3 amide bonds. The summed E-state index contributed by atoms with van der Waals surface area (Å²) in [6.07, 6.45) is 0. The zero-order chi connectivity index (χ0) is 25.1. The Morgan fingerprint density at radius 1 is 1.00 bits per heavy atom. The number of anilines is 1. The number of hydrogen-bond donors (Lipinski definition) is 2. The summed E-state index contributed by atoms with van der Waals surface area (Å²) in [5.74, 6) is 6.64. The van der Waals surface area contributed by atoms with Crippen LogP contribution in [0, 0.1) is 11.8 Å². The number of para-hydroxylation sites is 2. The maximum absolute atomic E-state index is 13.0. The van der Waals surface area contributed by atoms with Crippen molar-refractivity contribution in [3.05, 3.63) is 95.6 Å². The topological polar surface area (TPSA) is 82.1 Å². The number of rotatable bonds is 4. The van der Waals surface area contributed by atoms with E-state index in [0.29, 0.717) is 18.0 Å². The number of methoxy groups -OCH3 is 1. The molecule has 7 nitrogen and oxygen atoms in total. The van der Waals surface area contributed by atoms with Gasteiger partial charge >= 0.3 is 6.03 Å². The molecule has 2 heterocycles. The minimum Gasteiger partial charge on any atom is -0.495 e. The molecule has 0 aliphatic carbocycles. The van der Waals surface area contributed by atoms with Crippen LogP contribution >= 0.6 is 0 Å². The number of fused-ring (bicyclic) bond motifs is 1. The zero-order valence-electron chi connectivity index (χ0n) is 19.9. The lowest BCUT2D eigenvalue weighted by Crippen LogP contribution is -2.73. The van der Waals surface area contributed by atoms with Gasteiger partial charge in [-0.3, -0.25) is 4.79 Å². The predicted molar refractivity (Wildman–Crippen MR) is 137 cm³/mol. The van der Waals surface area contributed by atoms with Gasteiger partial charge in [-0.25, -0.2) is 4.79 Å². The molecule has 3 aromatic rings. The van der Waals surface area contributed by atoms with Crippen molar-refractivity contribution in [1.29, 1.82) is 0 Å². The van der Waals surface area contributed by atoms with E-state index in [0.717, 1.165) is 16.7 Å². The highest BCUT2D eigenvalue weighted by Crippen LogP contribution is 2.43. The molecule has 2 aliphatic heterocycles. The molecule has 0 spiro atoms. The average Bonchev–Trinajstić information content (AvgIpc) is 2.90. The summed E-state index contributed by atoms with van der Waals surface area (Å²) in [4.78, 5) is 29.2. The smallest absolute Gasteiger partial charge is 0.322 e. The van der Waals surface area contributed by atoms with Crippen molar-refractivity contribution in [3.8, 4) is 17.6 Å². The highest BCUT2D eigenvalue weighted by molar-refractivity contribution is 5.94. The average molecular weight is 482 g/mol. The molecular weight excluding hydrogens is 454 g/mol. The van der Waals surface area contributed by atoms with E-state index >= 15 is 0 Å². The maximum Gasteiger partial charge on any atom is 0.322 e. The number of amides is 3. The third-order valence-electron chi connectivity index (χ3n) is 6.81. The van der Waals surface area contributed by atoms with Crippen molar-refractivity contribution in [2.75, 3.05) is 32.1 Å². The summed E-state index contributed by atoms with van der Waals surface area (Å²) in [7, 11) is 1.54. The van der Waals surface area contributed by atoms with Gasteiger partial charge in [-0.2, -0.15) is 0 Å². The van der Waals surface area contributed by atoms with E-state index < -0.39 is 0 Å². The van der Waals surface area contributed by atoms with E-state index in [4.69, 9.17) is 4.74 Å². The minimum absolute atomic E-state index is 0.0330. The fourth-order valence-corrected chi connectivity index (χ4v) is 5.05. The van der Waals surface area contributed by atoms with Crippen LogP contribution in [0.15, 0.2) is 78.9 Å². The molecule has 2 fully saturated rings. The number of aliphatic hydroxyl groups is 1. The lowest BCUT2D eigenvalue weighted by molar-refractivity contribution is -0.159. The quantitative estimate of drug-likeness (QED) is 0.561. The Hall–Kier alpha value is -4.28. The highest BCUT2D eigenvalue weighted by atomic mass is 16.5. The molecule has 0 radical (unpaired) electrons. The molecule has 2 N–H and O–H groups in total. The van der Waals surface area contributed by atoms with E-state index in [1.165, 1.54) is 4.90 Å². The van der Waals surface area contributed by atoms with Gasteiger partial charge in [0.05, 0.1) is 31.5 Å². The second-order valence-corrected chi connectivity index (χ2v) is 8.89. The normalized spacial score (nSPS) is 20.5. The molecule has 0 unspecified atom stereocenters. The summed E-state index contributed by atoms with van der Waals surface area (Å²) < 4.78 is 5.31. The van der Waals surface area contributed by atoms with Crippen LogP contribution in [0.25, 0.3) is 0 Å². The van der Waals surface area contributed by atoms with Gasteiger partial charge in [0.2, 0.25) is 5.91 Å². The summed E-state index contributed by atoms with van der Waals surface area (Å²) in [5.41, 5.74) is 3.39. The molecule has 0 bridgehead atoms. The number of ether oxygens (including phenoxy) is 1. The largest absolute Gasteiger partial charge is 0.495 e. The van der Waals surface area contributed by atoms with Crippen molar-refractivity contribution in [3.63, 3.8) is 0 Å². The predicted octanol–water partition coefficient (Wildman–Crippen LogP) is 3.30. The van der Waals surface area contributed by atoms with E-state index in [-0.39, 0.29) is 43.1 Å². The van der Waals surface area contributed by atoms with Crippen LogP contribution in [-0.2, 0) is 4.79 Å². The van der Waals surface area contributed by atoms with E-state index in [1.807, 2.05) is 66.7 Å². The van der Waals surface area contributed by atoms with Crippen LogP contribution in [-0.4, -0.2) is 65.7 Å². The Bertz CT molecular complexity index is 1310. The first-order valence-corrected chi connectivity index (χ1v) is 11.9. The van der Waals surface area contributed by atoms with Crippen molar-refractivity contribution < 1.29 is 19.4 Å². The summed E-state index contributed by atoms with van der Waals surface area (Å²) in [5, 5.41) is 12.9. The van der Waals surface area contributed by atoms with Crippen molar-refractivity contribution in [1.82, 2.24) is 9.80 Å². The van der Waals surface area contributed by atoms with Gasteiger partial charge in [-0.15, -0.1) is 0 Å². The lowest BCUT2D eigenvalue weighted by atomic mass is 9.73. The Morgan fingerprint density at radius 2 is 1.67 bits per heavy atom. The van der Waals surface area contributed by atoms with Gasteiger partial charge in [-0.05, 0) is 42.0 Å². The second-order valence-electron chi connectivity index (χ2n) is 8.89. The molecule has 7 heteroatoms. The third kappa shape index (κ3) is 4.51. The number of carbonyl (C=O) groups is 2. The molecule has 182 valence electrons. The summed E-state index contributed by atoms with van der Waals surface area (Å²) >= 11 is 0. The van der Waals surface area contributed by atoms with Gasteiger partial charge in [0, 0.05) is 23.6 Å². The molecule has 3 aromatic carbocycles. The first-order valence-electron chi connectivity index (χ1n) is 11.9. The summed E-state index contributed by atoms with van der Waals surface area (Å²) in [6.45, 7) is 0.216. The van der Waals surface area contributed by atoms with Crippen molar-refractivity contribution in [2.45, 2.75) is 18.0 Å². The standard InChI is InChI=1S/C29H27N3O4/c1-36-26-10-6-5-9-23(26)30-29(35)31-17-24-28(25(19-33)32(24)27(34)18-31)22-15-13-21(14-16-22)12-11-20-7-3-2-4-8-20/h2-10,13-16,24-25,28,33H,17-19H2,1H3,(H,30,35)/t24-,25-,28+/m1/s1. The number of nitrogens with one attached hydrogen (secondary N) is 1. The molecule has 0 saturated carbocycles. The number of hydrogen-bond acceptors (Lipinski definition) is 4. The minimum atomic E-state index is -0.356. The molecular formula is C29H27N3O4. The monoisotopic (exact) mass is 481 g/mol. The van der Waals surface area contributed by atoms with Gasteiger partial charge in [-0.1, -0.05) is 54.3 Å². The van der Waals surface area contributed by atoms with Crippen LogP contribution < -0.4 is 10.1 Å². The fraction of sp³-hybridized carbons (Fsp3) is 0.241. The van der Waals surface area contributed by atoms with Gasteiger partial charge in [0.25, 0.3) is 0 Å². The van der Waals surface area contributed by atoms with Crippen LogP contribution in [0.4, 0.5) is 10.5 Å². The number of carbonyl (C=O) groups excluding carboxylic acids is 2. The lowest BCUT2D eigenvalue weighted by Gasteiger charge is -2.58. The molecule has 3 atom stereocenters. The third-order valence-corrected chi connectivity index (χ3v) is 6.81. The van der Waals surface area contributed by atoms with Crippen LogP contribution in [0.2, 0.25) is 0 Å². The van der Waals surface area contributed by atoms with E-state index in [9.17, 15) is 14.7 Å². The fourth-order valence-electron chi connectivity index (χ4n) is 5.05. The molecule has 2 aliphatic rings. The second kappa shape index (κ2) is 10.1. The Morgan fingerprint density at radius 3 is 2.36 bits per heavy atom. The first kappa shape index (κ1) is 23.5. The summed E-state index contributed by atoms with van der Waals surface area (Å²) in [6, 6.07) is 24.0. The molecule has 36 heavy (non-hydrogen) atoms. The van der Waals surface area contributed by atoms with Crippen LogP contribution in [0.5, 0.6) is 5.75 Å². The number of nitrogens with zero attached hydrogens (tertiary/aromatic N) is 2. The van der Waals surface area contributed by atoms with Crippen LogP contribution in [0.3, 0.4) is 0 Å². The van der Waals surface area contributed by atoms with Gasteiger partial charge in [0.15, 0.2) is 0 Å². The van der Waals surface area contributed by atoms with Crippen molar-refractivity contribution in [2.24, 2.45) is 0 Å². The van der Waals surface area contributed by atoms with Crippen molar-refractivity contribution >= 4 is 17.6 Å². The Labute approximate surface area is 210 Å². The number of piperazine rings is 1. The van der Waals surface area contributed by atoms with Gasteiger partial charge < -0.3 is 25.0 Å². The maximum atomic E-state index is 13.0. The van der Waals surface area contributed by atoms with Gasteiger partial charge in [0.1, 0.15) is 12.3 Å². The Kier molecular flexibility index (Phi) is 6.61. The number of urea groups is 1. The highest BCUT2D eigenvalue weighted by Gasteiger charge is 2.54. The molecule has 0 aromatic heterocycles. The molecule has 2 saturated heterocycles. The van der Waals surface area contributed by atoms with E-state index in [2.05, 4.69) is 17.2 Å². The SMILES string of the molecule is COc1ccccc1NC(=O)N1CC(=O)N2[C@H](CO)[C@@H](c3ccc(C#Cc4ccccc4)cc3)[C@H]2C1. The Balaban J connectivity index is 1.31. The number of aliphatic hydroxyl groups excluding tert-OH is 1. The van der Waals surface area contributed by atoms with E-state index in [1.54, 1.807) is 24.1 Å². The molecule has 5 rings (SSSR count). The number of benzene rings is 3. The van der Waals surface area contributed by atoms with Crippen LogP contribution in [0.1, 0.15) is 22.6 Å². The first-order chi connectivity index (χ1) is 17.6. The zero-order valence-corrected chi connectivity index (χ0v) is 19.9.